The lowest BCUT2D eigenvalue weighted by atomic mass is 9.71. The number of hydrogen-bond acceptors (Lipinski definition) is 0. The SMILES string of the molecule is CC(C)(C)C(C)(C)C.CC(C)C(C)(C)C(F)(F)F.CC(C)CC(C(F)(F)F)C(F)(F)F.CC(C)[C@@H](C)C(C)C(F)(F)F.CC(C)[C@@H](C)C(C)C(F)(F)F.CCC(C)(C)CC(F)(F)F.CCC(C)[C@@H](C)C(F)(F)F.CCC(CC)CC(F)(F)F.CCCC(C)(C)C(F)(F)F.CCCCC(C(F)(F)F)C(F)(F)F.CC[C@H](C)C(C)C(F)(F)F. The summed E-state index contributed by atoms with van der Waals surface area (Å²) in [6, 6.07) is 0. The van der Waals surface area contributed by atoms with E-state index >= 15 is 0 Å². The molecule has 718 valence electrons. The zero-order valence-electron chi connectivity index (χ0n) is 75.0. The molecule has 0 aromatic carbocycles. The van der Waals surface area contributed by atoms with Crippen LogP contribution in [0.5, 0.6) is 0 Å². The highest BCUT2D eigenvalue weighted by Gasteiger charge is 2.57. The predicted molar refractivity (Wildman–Crippen MR) is 396 cm³/mol. The van der Waals surface area contributed by atoms with E-state index in [2.05, 4.69) is 41.5 Å². The van der Waals surface area contributed by atoms with Crippen LogP contribution in [0.3, 0.4) is 0 Å². The van der Waals surface area contributed by atoms with Crippen LogP contribution in [0.1, 0.15) is 326 Å². The van der Waals surface area contributed by atoms with E-state index in [9.17, 15) is 158 Å². The first-order valence-electron chi connectivity index (χ1n) is 38.9. The summed E-state index contributed by atoms with van der Waals surface area (Å²) in [5.41, 5.74) is -2.80. The molecule has 0 nitrogen and oxygen atoms in total. The minimum absolute atomic E-state index is 0.0658. The molecule has 8 atom stereocenters. The summed E-state index contributed by atoms with van der Waals surface area (Å²) in [5.74, 6) is -13.2. The molecule has 0 saturated heterocycles. The van der Waals surface area contributed by atoms with Crippen molar-refractivity contribution in [3.63, 3.8) is 0 Å². The third-order valence-corrected chi connectivity index (χ3v) is 21.3. The average molecular weight is 1790 g/mol. The van der Waals surface area contributed by atoms with E-state index in [1.807, 2.05) is 27.7 Å². The fraction of sp³-hybridized carbons (Fsp3) is 1.00. The van der Waals surface area contributed by atoms with Crippen molar-refractivity contribution in [2.45, 2.75) is 400 Å². The molecule has 0 rings (SSSR count). The largest absolute Gasteiger partial charge is 0.400 e. The molecule has 36 heteroatoms. The monoisotopic (exact) mass is 1790 g/mol. The fourth-order valence-corrected chi connectivity index (χ4v) is 7.61. The highest BCUT2D eigenvalue weighted by molar-refractivity contribution is 4.82. The van der Waals surface area contributed by atoms with Gasteiger partial charge in [0.15, 0.2) is 11.8 Å². The molecule has 0 heterocycles. The van der Waals surface area contributed by atoms with Crippen LogP contribution in [0.2, 0.25) is 0 Å². The first kappa shape index (κ1) is 137. The summed E-state index contributed by atoms with van der Waals surface area (Å²) >= 11 is 0. The van der Waals surface area contributed by atoms with Crippen molar-refractivity contribution in [2.24, 2.45) is 116 Å². The van der Waals surface area contributed by atoms with E-state index < -0.39 is 157 Å². The summed E-state index contributed by atoms with van der Waals surface area (Å²) < 4.78 is 428. The smallest absolute Gasteiger partial charge is 0.171 e. The Bertz CT molecular complexity index is 2190. The van der Waals surface area contributed by atoms with Gasteiger partial charge in [0.1, 0.15) is 0 Å². The number of halogens is 36. The Morgan fingerprint density at radius 3 is 0.629 bits per heavy atom. The van der Waals surface area contributed by atoms with Gasteiger partial charge in [0, 0.05) is 12.8 Å². The first-order chi connectivity index (χ1) is 50.1. The van der Waals surface area contributed by atoms with E-state index in [1.165, 1.54) is 69.2 Å². The molecule has 0 amide bonds. The van der Waals surface area contributed by atoms with E-state index in [0.717, 1.165) is 0 Å². The lowest BCUT2D eigenvalue weighted by Crippen LogP contribution is -2.37. The maximum atomic E-state index is 12.1. The Kier molecular flexibility index (Phi) is 66.4. The Morgan fingerprint density at radius 1 is 0.284 bits per heavy atom. The van der Waals surface area contributed by atoms with Gasteiger partial charge in [-0.05, 0) is 88.8 Å². The highest BCUT2D eigenvalue weighted by atomic mass is 19.5. The van der Waals surface area contributed by atoms with Gasteiger partial charge in [0.25, 0.3) is 0 Å². The number of hydrogen-bond donors (Lipinski definition) is 0. The Balaban J connectivity index is -0.000000116. The van der Waals surface area contributed by atoms with E-state index in [0.29, 0.717) is 55.8 Å². The second-order valence-corrected chi connectivity index (χ2v) is 35.2. The van der Waals surface area contributed by atoms with Crippen molar-refractivity contribution < 1.29 is 158 Å². The van der Waals surface area contributed by atoms with Crippen LogP contribution in [0.25, 0.3) is 0 Å². The second kappa shape index (κ2) is 56.4. The zero-order chi connectivity index (χ0) is 97.4. The molecular formula is C80H146F36. The summed E-state index contributed by atoms with van der Waals surface area (Å²) in [7, 11) is 0. The summed E-state index contributed by atoms with van der Waals surface area (Å²) in [6.07, 6.45) is -52.0. The summed E-state index contributed by atoms with van der Waals surface area (Å²) in [5, 5.41) is 0. The van der Waals surface area contributed by atoms with Crippen LogP contribution < -0.4 is 0 Å². The van der Waals surface area contributed by atoms with Crippen molar-refractivity contribution in [3.8, 4) is 0 Å². The minimum atomic E-state index is -5.19. The minimum Gasteiger partial charge on any atom is -0.171 e. The van der Waals surface area contributed by atoms with E-state index in [1.54, 1.807) is 104 Å². The molecule has 0 aliphatic rings. The number of alkyl halides is 36. The van der Waals surface area contributed by atoms with Crippen LogP contribution in [0, 0.1) is 116 Å². The zero-order valence-corrected chi connectivity index (χ0v) is 75.0. The van der Waals surface area contributed by atoms with Gasteiger partial charge in [-0.15, -0.1) is 0 Å². The molecule has 0 radical (unpaired) electrons. The van der Waals surface area contributed by atoms with Crippen LogP contribution in [0.4, 0.5) is 158 Å². The normalized spacial score (nSPS) is 15.6. The van der Waals surface area contributed by atoms with Gasteiger partial charge in [-0.3, -0.25) is 0 Å². The highest BCUT2D eigenvalue weighted by Crippen LogP contribution is 2.47. The lowest BCUT2D eigenvalue weighted by Gasteiger charge is -2.34. The van der Waals surface area contributed by atoms with Crippen molar-refractivity contribution in [3.05, 3.63) is 0 Å². The van der Waals surface area contributed by atoms with Gasteiger partial charge < -0.3 is 0 Å². The molecule has 0 fully saturated rings. The summed E-state index contributed by atoms with van der Waals surface area (Å²) in [6.45, 7) is 58.5. The molecule has 0 spiro atoms. The van der Waals surface area contributed by atoms with Crippen molar-refractivity contribution >= 4 is 0 Å². The average Bonchev–Trinajstić information content (AvgIpc) is 0.817. The van der Waals surface area contributed by atoms with Crippen LogP contribution in [-0.2, 0) is 0 Å². The fourth-order valence-electron chi connectivity index (χ4n) is 7.61. The van der Waals surface area contributed by atoms with Crippen molar-refractivity contribution in [2.75, 3.05) is 0 Å². The number of unbranched alkanes of at least 4 members (excludes halogenated alkanes) is 1. The van der Waals surface area contributed by atoms with Crippen LogP contribution in [0.15, 0.2) is 0 Å². The molecule has 0 saturated carbocycles. The topological polar surface area (TPSA) is 0 Å². The maximum absolute atomic E-state index is 12.1. The van der Waals surface area contributed by atoms with Crippen molar-refractivity contribution in [1.82, 2.24) is 0 Å². The first-order valence-corrected chi connectivity index (χ1v) is 38.9. The molecule has 0 N–H and O–H groups in total. The van der Waals surface area contributed by atoms with Crippen LogP contribution in [-0.4, -0.2) is 74.1 Å². The Morgan fingerprint density at radius 2 is 0.552 bits per heavy atom. The third-order valence-electron chi connectivity index (χ3n) is 21.3. The van der Waals surface area contributed by atoms with Gasteiger partial charge in [-0.2, -0.15) is 158 Å². The Labute approximate surface area is 672 Å². The predicted octanol–water partition coefficient (Wildman–Crippen LogP) is 37.5. The quantitative estimate of drug-likeness (QED) is 0.101. The molecule has 0 bridgehead atoms. The Hall–Kier alpha value is -2.52. The molecule has 4 unspecified atom stereocenters. The van der Waals surface area contributed by atoms with Gasteiger partial charge in [0.05, 0.1) is 34.5 Å². The van der Waals surface area contributed by atoms with E-state index in [4.69, 9.17) is 0 Å². The van der Waals surface area contributed by atoms with Gasteiger partial charge in [-0.1, -0.05) is 294 Å². The van der Waals surface area contributed by atoms with Crippen LogP contribution >= 0.6 is 0 Å². The van der Waals surface area contributed by atoms with Crippen molar-refractivity contribution in [1.29, 1.82) is 0 Å². The second-order valence-electron chi connectivity index (χ2n) is 35.2. The molecule has 0 aromatic heterocycles. The summed E-state index contributed by atoms with van der Waals surface area (Å²) in [4.78, 5) is 0. The molecule has 116 heavy (non-hydrogen) atoms. The van der Waals surface area contributed by atoms with Gasteiger partial charge >= 0.3 is 74.1 Å². The third kappa shape index (κ3) is 73.1. The maximum Gasteiger partial charge on any atom is 0.400 e. The number of rotatable bonds is 21. The van der Waals surface area contributed by atoms with E-state index in [-0.39, 0.29) is 60.2 Å². The molecule has 0 aliphatic carbocycles. The molecule has 0 aliphatic heterocycles. The lowest BCUT2D eigenvalue weighted by molar-refractivity contribution is -0.288. The van der Waals surface area contributed by atoms with Gasteiger partial charge in [-0.25, -0.2) is 0 Å². The molecular weight excluding hydrogens is 1640 g/mol. The molecule has 0 aromatic rings. The van der Waals surface area contributed by atoms with Gasteiger partial charge in [0.2, 0.25) is 0 Å². The standard InChI is InChI=1S/2C8H15F3.C8H18.2C7H10F6.6C7H13F3/c2*1-5(2)6(3)7(4)8(9,10)11;1-7(2,3)8(4,5)6;1-4(2)3-5(6(8,9)10)7(11,12)13;1-2-3-4-5(6(8,9)10)7(11,12)13;1-5(2)6(3,4)7(8,9)10;1-4-6(2,3)5-7(8,9)10;1-4-5-6(2,3)7(8,9)10;2*1-4-5(2)6(3)7(8,9)10;1-3-6(4-2)5-7(8,9)10/h2*5-7H,1-4H3;1-6H3;4-5H,3H2,1-2H3;5H,2-4H2,1H3;5H,1-4H3;2*4-5H2,1-3H3;2*5-6H,4H2,1-3H3;6H,3-5H2,1-2H3/t2*6-,7?;;;;;;;5?,6-;5-,6?;/m11......10./s1.